The van der Waals surface area contributed by atoms with Crippen LogP contribution in [0.5, 0.6) is 5.75 Å². The Bertz CT molecular complexity index is 810. The molecule has 0 aliphatic carbocycles. The van der Waals surface area contributed by atoms with E-state index in [1.165, 1.54) is 7.11 Å². The molecular formula is C21H28N4O4. The number of hydrogen-bond acceptors (Lipinski definition) is 5. The van der Waals surface area contributed by atoms with Gasteiger partial charge in [-0.2, -0.15) is 0 Å². The van der Waals surface area contributed by atoms with Gasteiger partial charge in [0.05, 0.1) is 0 Å². The lowest BCUT2D eigenvalue weighted by atomic mass is 10.1. The van der Waals surface area contributed by atoms with Crippen molar-refractivity contribution >= 4 is 11.8 Å². The second-order valence-corrected chi connectivity index (χ2v) is 7.12. The van der Waals surface area contributed by atoms with Crippen molar-refractivity contribution in [2.75, 3.05) is 33.4 Å². The van der Waals surface area contributed by atoms with Crippen LogP contribution in [0, 0.1) is 0 Å². The van der Waals surface area contributed by atoms with Gasteiger partial charge in [-0.05, 0) is 24.3 Å². The minimum atomic E-state index is -0.115. The lowest BCUT2D eigenvalue weighted by Gasteiger charge is -2.32. The highest BCUT2D eigenvalue weighted by Crippen LogP contribution is 2.20. The van der Waals surface area contributed by atoms with Crippen LogP contribution in [-0.4, -0.2) is 65.7 Å². The van der Waals surface area contributed by atoms with Crippen LogP contribution in [0.2, 0.25) is 0 Å². The molecular weight excluding hydrogens is 372 g/mol. The van der Waals surface area contributed by atoms with Crippen LogP contribution < -0.4 is 10.1 Å². The van der Waals surface area contributed by atoms with Crippen molar-refractivity contribution in [3.05, 3.63) is 48.0 Å². The Kier molecular flexibility index (Phi) is 7.24. The first-order valence-corrected chi connectivity index (χ1v) is 9.84. The van der Waals surface area contributed by atoms with Crippen molar-refractivity contribution in [1.82, 2.24) is 19.8 Å². The van der Waals surface area contributed by atoms with Crippen molar-refractivity contribution in [3.8, 4) is 5.75 Å². The molecule has 1 N–H and O–H groups in total. The highest BCUT2D eigenvalue weighted by Gasteiger charge is 2.23. The molecule has 0 saturated carbocycles. The van der Waals surface area contributed by atoms with Crippen molar-refractivity contribution in [1.29, 1.82) is 0 Å². The smallest absolute Gasteiger partial charge is 0.251 e. The number of likely N-dealkylation sites (tertiary alicyclic amines) is 1. The zero-order valence-corrected chi connectivity index (χ0v) is 17.0. The van der Waals surface area contributed by atoms with Crippen LogP contribution in [0.1, 0.15) is 29.0 Å². The van der Waals surface area contributed by atoms with Gasteiger partial charge in [-0.15, -0.1) is 0 Å². The van der Waals surface area contributed by atoms with Gasteiger partial charge in [0.15, 0.2) is 0 Å². The maximum Gasteiger partial charge on any atom is 0.251 e. The summed E-state index contributed by atoms with van der Waals surface area (Å²) in [5.74, 6) is 1.57. The van der Waals surface area contributed by atoms with Gasteiger partial charge in [0.1, 0.15) is 24.3 Å². The molecule has 2 heterocycles. The second-order valence-electron chi connectivity index (χ2n) is 7.12. The molecule has 1 aromatic carbocycles. The van der Waals surface area contributed by atoms with Crippen LogP contribution in [0.4, 0.5) is 0 Å². The third-order valence-electron chi connectivity index (χ3n) is 5.04. The summed E-state index contributed by atoms with van der Waals surface area (Å²) in [4.78, 5) is 30.2. The zero-order valence-electron chi connectivity index (χ0n) is 17.0. The summed E-state index contributed by atoms with van der Waals surface area (Å²) in [6.45, 7) is 1.99. The first-order valence-electron chi connectivity index (χ1n) is 9.84. The van der Waals surface area contributed by atoms with E-state index < -0.39 is 0 Å². The Balaban J connectivity index is 1.42. The summed E-state index contributed by atoms with van der Waals surface area (Å²) in [6.07, 6.45) is 5.95. The standard InChI is InChI=1S/C21H28N4O4/c1-24-14-11-22-19(24)7-10-23-21(27)16-3-5-17(6-4-16)29-18-8-12-25(13-9-18)20(26)15-28-2/h3-6,11,14,18H,7-10,12-13,15H2,1-2H3,(H,23,27). The summed E-state index contributed by atoms with van der Waals surface area (Å²) in [5.41, 5.74) is 0.595. The highest BCUT2D eigenvalue weighted by atomic mass is 16.5. The van der Waals surface area contributed by atoms with E-state index >= 15 is 0 Å². The van der Waals surface area contributed by atoms with Crippen LogP contribution >= 0.6 is 0 Å². The highest BCUT2D eigenvalue weighted by molar-refractivity contribution is 5.94. The molecule has 2 amide bonds. The Morgan fingerprint density at radius 1 is 1.21 bits per heavy atom. The molecule has 8 heteroatoms. The normalized spacial score (nSPS) is 14.6. The van der Waals surface area contributed by atoms with E-state index in [2.05, 4.69) is 10.3 Å². The topological polar surface area (TPSA) is 85.7 Å². The monoisotopic (exact) mass is 400 g/mol. The van der Waals surface area contributed by atoms with Crippen LogP contribution in [-0.2, 0) is 23.0 Å². The number of imidazole rings is 1. The van der Waals surface area contributed by atoms with Crippen LogP contribution in [0.25, 0.3) is 0 Å². The van der Waals surface area contributed by atoms with E-state index in [0.29, 0.717) is 31.6 Å². The lowest BCUT2D eigenvalue weighted by molar-refractivity contribution is -0.136. The fourth-order valence-corrected chi connectivity index (χ4v) is 3.34. The van der Waals surface area contributed by atoms with Crippen molar-refractivity contribution in [3.63, 3.8) is 0 Å². The maximum atomic E-state index is 12.3. The quantitative estimate of drug-likeness (QED) is 0.724. The van der Waals surface area contributed by atoms with E-state index in [1.807, 2.05) is 34.8 Å². The molecule has 0 bridgehead atoms. The largest absolute Gasteiger partial charge is 0.490 e. The second kappa shape index (κ2) is 10.1. The molecule has 1 saturated heterocycles. The van der Waals surface area contributed by atoms with Gasteiger partial charge in [0, 0.05) is 71.0 Å². The number of aryl methyl sites for hydroxylation is 1. The number of nitrogens with zero attached hydrogens (tertiary/aromatic N) is 3. The molecule has 0 spiro atoms. The molecule has 1 aliphatic heterocycles. The van der Waals surface area contributed by atoms with Gasteiger partial charge in [-0.1, -0.05) is 0 Å². The van der Waals surface area contributed by atoms with E-state index in [4.69, 9.17) is 9.47 Å². The van der Waals surface area contributed by atoms with E-state index in [0.717, 1.165) is 24.4 Å². The molecule has 1 fully saturated rings. The number of carbonyl (C=O) groups excluding carboxylic acids is 2. The van der Waals surface area contributed by atoms with Gasteiger partial charge in [0.25, 0.3) is 5.91 Å². The van der Waals surface area contributed by atoms with E-state index in [9.17, 15) is 9.59 Å². The number of carbonyl (C=O) groups is 2. The number of piperidine rings is 1. The van der Waals surface area contributed by atoms with Gasteiger partial charge in [-0.25, -0.2) is 4.98 Å². The predicted molar refractivity (Wildman–Crippen MR) is 108 cm³/mol. The molecule has 2 aromatic rings. The molecule has 3 rings (SSSR count). The summed E-state index contributed by atoms with van der Waals surface area (Å²) >= 11 is 0. The Labute approximate surface area is 170 Å². The minimum Gasteiger partial charge on any atom is -0.490 e. The minimum absolute atomic E-state index is 0.0178. The molecule has 8 nitrogen and oxygen atoms in total. The van der Waals surface area contributed by atoms with E-state index in [1.54, 1.807) is 18.3 Å². The fraction of sp³-hybridized carbons (Fsp3) is 0.476. The first kappa shape index (κ1) is 20.9. The molecule has 0 unspecified atom stereocenters. The summed E-state index contributed by atoms with van der Waals surface area (Å²) in [6, 6.07) is 7.16. The van der Waals surface area contributed by atoms with Gasteiger partial charge >= 0.3 is 0 Å². The van der Waals surface area contributed by atoms with Crippen molar-refractivity contribution in [2.45, 2.75) is 25.4 Å². The third-order valence-corrected chi connectivity index (χ3v) is 5.04. The summed E-state index contributed by atoms with van der Waals surface area (Å²) < 4.78 is 12.8. The summed E-state index contributed by atoms with van der Waals surface area (Å²) in [7, 11) is 3.46. The fourth-order valence-electron chi connectivity index (χ4n) is 3.34. The van der Waals surface area contributed by atoms with Gasteiger partial charge in [0.2, 0.25) is 5.91 Å². The number of methoxy groups -OCH3 is 1. The number of amides is 2. The number of rotatable bonds is 8. The molecule has 1 aromatic heterocycles. The predicted octanol–water partition coefficient (Wildman–Crippen LogP) is 1.41. The summed E-state index contributed by atoms with van der Waals surface area (Å²) in [5, 5.41) is 2.91. The number of benzene rings is 1. The Hall–Kier alpha value is -2.87. The Morgan fingerprint density at radius 2 is 1.93 bits per heavy atom. The van der Waals surface area contributed by atoms with Gasteiger partial charge in [-0.3, -0.25) is 9.59 Å². The maximum absolute atomic E-state index is 12.3. The van der Waals surface area contributed by atoms with Gasteiger partial charge < -0.3 is 24.3 Å². The van der Waals surface area contributed by atoms with Crippen molar-refractivity contribution < 1.29 is 19.1 Å². The lowest BCUT2D eigenvalue weighted by Crippen LogP contribution is -2.43. The molecule has 29 heavy (non-hydrogen) atoms. The van der Waals surface area contributed by atoms with Crippen molar-refractivity contribution in [2.24, 2.45) is 7.05 Å². The zero-order chi connectivity index (χ0) is 20.6. The number of aromatic nitrogens is 2. The Morgan fingerprint density at radius 3 is 2.55 bits per heavy atom. The molecule has 156 valence electrons. The average molecular weight is 400 g/mol. The molecule has 1 aliphatic rings. The third kappa shape index (κ3) is 5.80. The number of ether oxygens (including phenoxy) is 2. The molecule has 0 atom stereocenters. The number of nitrogens with one attached hydrogen (secondary N) is 1. The van der Waals surface area contributed by atoms with Crippen LogP contribution in [0.3, 0.4) is 0 Å². The SMILES string of the molecule is COCC(=O)N1CCC(Oc2ccc(C(=O)NCCc3nccn3C)cc2)CC1. The average Bonchev–Trinajstić information content (AvgIpc) is 3.14. The van der Waals surface area contributed by atoms with Crippen LogP contribution in [0.15, 0.2) is 36.7 Å². The molecule has 0 radical (unpaired) electrons. The first-order chi connectivity index (χ1) is 14.1. The number of hydrogen-bond donors (Lipinski definition) is 1. The van der Waals surface area contributed by atoms with E-state index in [-0.39, 0.29) is 24.5 Å².